The van der Waals surface area contributed by atoms with Gasteiger partial charge in [-0.3, -0.25) is 0 Å². The van der Waals surface area contributed by atoms with Gasteiger partial charge in [0, 0.05) is 0 Å². The molecule has 0 saturated carbocycles. The van der Waals surface area contributed by atoms with E-state index in [2.05, 4.69) is 20.8 Å². The second-order valence-corrected chi connectivity index (χ2v) is 4.19. The Labute approximate surface area is 85.1 Å². The van der Waals surface area contributed by atoms with Crippen LogP contribution in [0.1, 0.15) is 26.3 Å². The highest BCUT2D eigenvalue weighted by Gasteiger charge is 2.17. The molecule has 1 aromatic rings. The number of benzene rings is 1. The first-order valence-corrected chi connectivity index (χ1v) is 4.65. The highest BCUT2D eigenvalue weighted by Crippen LogP contribution is 2.30. The van der Waals surface area contributed by atoms with E-state index < -0.39 is 0 Å². The Bertz CT molecular complexity index is 344. The van der Waals surface area contributed by atoms with Crippen molar-refractivity contribution >= 4 is 0 Å². The van der Waals surface area contributed by atoms with E-state index in [1.807, 2.05) is 30.3 Å². The van der Waals surface area contributed by atoms with Crippen LogP contribution < -0.4 is 4.74 Å². The summed E-state index contributed by atoms with van der Waals surface area (Å²) < 4.78 is 5.35. The van der Waals surface area contributed by atoms with Gasteiger partial charge in [0.1, 0.15) is 11.8 Å². The molecule has 0 aromatic heterocycles. The number of hydrogen-bond donors (Lipinski definition) is 0. The van der Waals surface area contributed by atoms with Gasteiger partial charge in [0.25, 0.3) is 0 Å². The van der Waals surface area contributed by atoms with Gasteiger partial charge in [0.15, 0.2) is 6.61 Å². The van der Waals surface area contributed by atoms with Gasteiger partial charge < -0.3 is 4.74 Å². The Kier molecular flexibility index (Phi) is 3.14. The summed E-state index contributed by atoms with van der Waals surface area (Å²) in [7, 11) is 0. The third-order valence-corrected chi connectivity index (χ3v) is 1.99. The van der Waals surface area contributed by atoms with Crippen LogP contribution in [0.5, 0.6) is 5.75 Å². The maximum Gasteiger partial charge on any atom is 0.174 e. The second kappa shape index (κ2) is 4.15. The van der Waals surface area contributed by atoms with E-state index in [-0.39, 0.29) is 12.0 Å². The van der Waals surface area contributed by atoms with Crippen molar-refractivity contribution in [1.82, 2.24) is 0 Å². The Balaban J connectivity index is 2.99. The van der Waals surface area contributed by atoms with E-state index in [1.165, 1.54) is 0 Å². The number of nitrogens with zero attached hydrogens (tertiary/aromatic N) is 1. The van der Waals surface area contributed by atoms with E-state index in [1.54, 1.807) is 0 Å². The molecule has 0 bridgehead atoms. The molecule has 74 valence electrons. The first-order valence-electron chi connectivity index (χ1n) is 4.65. The van der Waals surface area contributed by atoms with Gasteiger partial charge in [-0.25, -0.2) is 0 Å². The van der Waals surface area contributed by atoms with E-state index in [0.717, 1.165) is 11.3 Å². The topological polar surface area (TPSA) is 33.0 Å². The lowest BCUT2D eigenvalue weighted by Gasteiger charge is -2.21. The minimum Gasteiger partial charge on any atom is -0.478 e. The van der Waals surface area contributed by atoms with Gasteiger partial charge in [0.2, 0.25) is 0 Å². The highest BCUT2D eigenvalue weighted by molar-refractivity contribution is 5.38. The third-order valence-electron chi connectivity index (χ3n) is 1.99. The molecule has 0 aliphatic heterocycles. The SMILES string of the molecule is CC(C)(C)c1ccccc1OCC#N. The summed E-state index contributed by atoms with van der Waals surface area (Å²) in [6.07, 6.45) is 0. The molecule has 0 heterocycles. The summed E-state index contributed by atoms with van der Waals surface area (Å²) in [4.78, 5) is 0. The van der Waals surface area contributed by atoms with Crippen LogP contribution in [0.15, 0.2) is 24.3 Å². The molecule has 0 saturated heterocycles. The average molecular weight is 189 g/mol. The molecule has 0 aliphatic carbocycles. The molecular weight excluding hydrogens is 174 g/mol. The zero-order valence-electron chi connectivity index (χ0n) is 8.87. The number of rotatable bonds is 2. The fourth-order valence-electron chi connectivity index (χ4n) is 1.32. The maximum absolute atomic E-state index is 8.45. The Morgan fingerprint density at radius 3 is 2.50 bits per heavy atom. The van der Waals surface area contributed by atoms with Crippen molar-refractivity contribution in [2.75, 3.05) is 6.61 Å². The number of hydrogen-bond acceptors (Lipinski definition) is 2. The Morgan fingerprint density at radius 2 is 1.93 bits per heavy atom. The fourth-order valence-corrected chi connectivity index (χ4v) is 1.32. The summed E-state index contributed by atoms with van der Waals surface area (Å²) in [6.45, 7) is 6.48. The quantitative estimate of drug-likeness (QED) is 0.716. The standard InChI is InChI=1S/C12H15NO/c1-12(2,3)10-6-4-5-7-11(10)14-9-8-13/h4-7H,9H2,1-3H3. The summed E-state index contributed by atoms with van der Waals surface area (Å²) in [6, 6.07) is 9.81. The van der Waals surface area contributed by atoms with Crippen molar-refractivity contribution in [3.63, 3.8) is 0 Å². The van der Waals surface area contributed by atoms with Gasteiger partial charge in [-0.1, -0.05) is 39.0 Å². The molecule has 14 heavy (non-hydrogen) atoms. The molecule has 0 atom stereocenters. The highest BCUT2D eigenvalue weighted by atomic mass is 16.5. The third kappa shape index (κ3) is 2.50. The molecule has 1 aromatic carbocycles. The molecule has 0 fully saturated rings. The summed E-state index contributed by atoms with van der Waals surface area (Å²) in [5.41, 5.74) is 1.18. The molecule has 2 nitrogen and oxygen atoms in total. The molecule has 0 amide bonds. The van der Waals surface area contributed by atoms with Crippen LogP contribution in [0.4, 0.5) is 0 Å². The van der Waals surface area contributed by atoms with Gasteiger partial charge >= 0.3 is 0 Å². The molecule has 0 unspecified atom stereocenters. The van der Waals surface area contributed by atoms with E-state index >= 15 is 0 Å². The van der Waals surface area contributed by atoms with E-state index in [0.29, 0.717) is 0 Å². The van der Waals surface area contributed by atoms with E-state index in [9.17, 15) is 0 Å². The van der Waals surface area contributed by atoms with E-state index in [4.69, 9.17) is 10.00 Å². The molecule has 0 spiro atoms. The smallest absolute Gasteiger partial charge is 0.174 e. The predicted molar refractivity (Wildman–Crippen MR) is 56.3 cm³/mol. The maximum atomic E-state index is 8.45. The molecule has 2 heteroatoms. The molecular formula is C12H15NO. The van der Waals surface area contributed by atoms with Crippen LogP contribution in [0.3, 0.4) is 0 Å². The number of nitriles is 1. The molecule has 0 N–H and O–H groups in total. The van der Waals surface area contributed by atoms with Crippen molar-refractivity contribution in [3.8, 4) is 11.8 Å². The Hall–Kier alpha value is -1.49. The zero-order chi connectivity index (χ0) is 10.6. The lowest BCUT2D eigenvalue weighted by molar-refractivity contribution is 0.355. The van der Waals surface area contributed by atoms with Gasteiger partial charge in [-0.2, -0.15) is 5.26 Å². The van der Waals surface area contributed by atoms with Crippen LogP contribution in [0, 0.1) is 11.3 Å². The van der Waals surface area contributed by atoms with Crippen molar-refractivity contribution in [1.29, 1.82) is 5.26 Å². The monoisotopic (exact) mass is 189 g/mol. The van der Waals surface area contributed by atoms with Crippen molar-refractivity contribution in [3.05, 3.63) is 29.8 Å². The van der Waals surface area contributed by atoms with Crippen molar-refractivity contribution in [2.24, 2.45) is 0 Å². The largest absolute Gasteiger partial charge is 0.478 e. The lowest BCUT2D eigenvalue weighted by Crippen LogP contribution is -2.13. The number of ether oxygens (including phenoxy) is 1. The van der Waals surface area contributed by atoms with Crippen LogP contribution in [-0.2, 0) is 5.41 Å². The lowest BCUT2D eigenvalue weighted by atomic mass is 9.86. The normalized spacial score (nSPS) is 10.7. The minimum absolute atomic E-state index is 0.0477. The van der Waals surface area contributed by atoms with Crippen LogP contribution >= 0.6 is 0 Å². The minimum atomic E-state index is 0.0477. The first kappa shape index (κ1) is 10.6. The van der Waals surface area contributed by atoms with Crippen LogP contribution in [0.2, 0.25) is 0 Å². The van der Waals surface area contributed by atoms with Crippen molar-refractivity contribution < 1.29 is 4.74 Å². The van der Waals surface area contributed by atoms with Crippen LogP contribution in [0.25, 0.3) is 0 Å². The second-order valence-electron chi connectivity index (χ2n) is 4.19. The average Bonchev–Trinajstić information content (AvgIpc) is 2.14. The van der Waals surface area contributed by atoms with Gasteiger partial charge in [0.05, 0.1) is 0 Å². The first-order chi connectivity index (χ1) is 6.55. The molecule has 0 radical (unpaired) electrons. The summed E-state index contributed by atoms with van der Waals surface area (Å²) in [5, 5.41) is 8.45. The van der Waals surface area contributed by atoms with Gasteiger partial charge in [-0.05, 0) is 17.0 Å². The Morgan fingerprint density at radius 1 is 1.29 bits per heavy atom. The molecule has 0 aliphatic rings. The number of para-hydroxylation sites is 1. The van der Waals surface area contributed by atoms with Crippen molar-refractivity contribution in [2.45, 2.75) is 26.2 Å². The predicted octanol–water partition coefficient (Wildman–Crippen LogP) is 2.89. The zero-order valence-corrected chi connectivity index (χ0v) is 8.87. The summed E-state index contributed by atoms with van der Waals surface area (Å²) >= 11 is 0. The van der Waals surface area contributed by atoms with Gasteiger partial charge in [-0.15, -0.1) is 0 Å². The van der Waals surface area contributed by atoms with Crippen LogP contribution in [-0.4, -0.2) is 6.61 Å². The fraction of sp³-hybridized carbons (Fsp3) is 0.417. The molecule has 1 rings (SSSR count). The summed E-state index contributed by atoms with van der Waals surface area (Å²) in [5.74, 6) is 0.807.